The monoisotopic (exact) mass is 304 g/mol. The second-order valence-electron chi connectivity index (χ2n) is 5.39. The van der Waals surface area contributed by atoms with Crippen LogP contribution in [0.3, 0.4) is 0 Å². The third-order valence-electron chi connectivity index (χ3n) is 3.75. The van der Waals surface area contributed by atoms with Crippen molar-refractivity contribution >= 4 is 17.6 Å². The molecular formula is C16H24N4O2. The number of amides is 1. The normalized spacial score (nSPS) is 15.0. The number of carbonyl (C=O) groups is 1. The smallest absolute Gasteiger partial charge is 0.223 e. The SMILES string of the molecule is COc1ccc(NC(N)=NCCCNC(=O)C2CCC2)cc1. The number of anilines is 1. The molecule has 0 atom stereocenters. The van der Waals surface area contributed by atoms with Crippen LogP contribution in [-0.4, -0.2) is 32.1 Å². The maximum atomic E-state index is 11.6. The van der Waals surface area contributed by atoms with E-state index in [4.69, 9.17) is 10.5 Å². The first-order valence-electron chi connectivity index (χ1n) is 7.68. The van der Waals surface area contributed by atoms with Crippen molar-refractivity contribution in [2.24, 2.45) is 16.6 Å². The molecule has 0 radical (unpaired) electrons. The number of hydrogen-bond donors (Lipinski definition) is 3. The van der Waals surface area contributed by atoms with Crippen LogP contribution >= 0.6 is 0 Å². The summed E-state index contributed by atoms with van der Waals surface area (Å²) in [5, 5.41) is 5.95. The van der Waals surface area contributed by atoms with Crippen molar-refractivity contribution in [3.05, 3.63) is 24.3 Å². The summed E-state index contributed by atoms with van der Waals surface area (Å²) in [6.45, 7) is 1.23. The van der Waals surface area contributed by atoms with Crippen LogP contribution in [0, 0.1) is 5.92 Å². The summed E-state index contributed by atoms with van der Waals surface area (Å²) in [4.78, 5) is 15.9. The fourth-order valence-electron chi connectivity index (χ4n) is 2.17. The van der Waals surface area contributed by atoms with Crippen molar-refractivity contribution in [1.82, 2.24) is 5.32 Å². The molecule has 0 aliphatic heterocycles. The number of methoxy groups -OCH3 is 1. The summed E-state index contributed by atoms with van der Waals surface area (Å²) in [5.41, 5.74) is 6.68. The summed E-state index contributed by atoms with van der Waals surface area (Å²) in [5.74, 6) is 1.59. The van der Waals surface area contributed by atoms with E-state index in [9.17, 15) is 4.79 Å². The van der Waals surface area contributed by atoms with Crippen LogP contribution < -0.4 is 21.1 Å². The van der Waals surface area contributed by atoms with Crippen molar-refractivity contribution in [2.75, 3.05) is 25.5 Å². The summed E-state index contributed by atoms with van der Waals surface area (Å²) < 4.78 is 5.09. The molecule has 1 amide bonds. The number of ether oxygens (including phenoxy) is 1. The van der Waals surface area contributed by atoms with Gasteiger partial charge in [0.05, 0.1) is 7.11 Å². The number of hydrogen-bond acceptors (Lipinski definition) is 3. The Morgan fingerprint density at radius 2 is 2.09 bits per heavy atom. The van der Waals surface area contributed by atoms with Crippen molar-refractivity contribution < 1.29 is 9.53 Å². The first kappa shape index (κ1) is 16.1. The second kappa shape index (κ2) is 8.26. The molecule has 0 aromatic heterocycles. The maximum Gasteiger partial charge on any atom is 0.223 e. The third kappa shape index (κ3) is 4.95. The van der Waals surface area contributed by atoms with Gasteiger partial charge in [-0.25, -0.2) is 0 Å². The molecule has 6 heteroatoms. The van der Waals surface area contributed by atoms with Crippen LogP contribution in [0.25, 0.3) is 0 Å². The van der Waals surface area contributed by atoms with Gasteiger partial charge in [0.1, 0.15) is 5.75 Å². The molecule has 0 spiro atoms. The van der Waals surface area contributed by atoms with Gasteiger partial charge in [-0.05, 0) is 43.5 Å². The van der Waals surface area contributed by atoms with Gasteiger partial charge in [-0.15, -0.1) is 0 Å². The van der Waals surface area contributed by atoms with Crippen LogP contribution in [0.4, 0.5) is 5.69 Å². The highest BCUT2D eigenvalue weighted by Crippen LogP contribution is 2.26. The summed E-state index contributed by atoms with van der Waals surface area (Å²) in [6, 6.07) is 7.46. The summed E-state index contributed by atoms with van der Waals surface area (Å²) in [7, 11) is 1.63. The molecule has 0 unspecified atom stereocenters. The second-order valence-corrected chi connectivity index (χ2v) is 5.39. The van der Waals surface area contributed by atoms with Gasteiger partial charge in [0, 0.05) is 24.7 Å². The zero-order valence-electron chi connectivity index (χ0n) is 13.0. The molecule has 1 aromatic rings. The Bertz CT molecular complexity index is 509. The average Bonchev–Trinajstić information content (AvgIpc) is 2.46. The lowest BCUT2D eigenvalue weighted by molar-refractivity contribution is -0.127. The highest BCUT2D eigenvalue weighted by Gasteiger charge is 2.24. The molecule has 0 heterocycles. The molecule has 6 nitrogen and oxygen atoms in total. The number of rotatable bonds is 7. The third-order valence-corrected chi connectivity index (χ3v) is 3.75. The van der Waals surface area contributed by atoms with Crippen molar-refractivity contribution in [2.45, 2.75) is 25.7 Å². The van der Waals surface area contributed by atoms with Gasteiger partial charge in [0.25, 0.3) is 0 Å². The van der Waals surface area contributed by atoms with E-state index in [1.807, 2.05) is 24.3 Å². The molecule has 22 heavy (non-hydrogen) atoms. The molecule has 0 saturated heterocycles. The van der Waals surface area contributed by atoms with E-state index in [0.717, 1.165) is 30.7 Å². The van der Waals surface area contributed by atoms with E-state index in [1.165, 1.54) is 6.42 Å². The first-order chi connectivity index (χ1) is 10.7. The van der Waals surface area contributed by atoms with Crippen LogP contribution in [0.1, 0.15) is 25.7 Å². The lowest BCUT2D eigenvalue weighted by Crippen LogP contribution is -2.35. The Hall–Kier alpha value is -2.24. The van der Waals surface area contributed by atoms with Crippen LogP contribution in [-0.2, 0) is 4.79 Å². The molecule has 1 aliphatic rings. The molecule has 2 rings (SSSR count). The minimum Gasteiger partial charge on any atom is -0.497 e. The van der Waals surface area contributed by atoms with Crippen molar-refractivity contribution in [3.63, 3.8) is 0 Å². The first-order valence-corrected chi connectivity index (χ1v) is 7.68. The van der Waals surface area contributed by atoms with Gasteiger partial charge in [-0.2, -0.15) is 0 Å². The molecule has 120 valence electrons. The molecule has 1 fully saturated rings. The number of aliphatic imine (C=N–C) groups is 1. The topological polar surface area (TPSA) is 88.7 Å². The molecule has 1 aliphatic carbocycles. The van der Waals surface area contributed by atoms with Gasteiger partial charge in [-0.1, -0.05) is 6.42 Å². The number of guanidine groups is 1. The van der Waals surface area contributed by atoms with E-state index in [1.54, 1.807) is 7.11 Å². The van der Waals surface area contributed by atoms with Crippen molar-refractivity contribution in [3.8, 4) is 5.75 Å². The Morgan fingerprint density at radius 3 is 2.68 bits per heavy atom. The van der Waals surface area contributed by atoms with Gasteiger partial charge < -0.3 is 21.1 Å². The predicted molar refractivity (Wildman–Crippen MR) is 88.1 cm³/mol. The van der Waals surface area contributed by atoms with E-state index >= 15 is 0 Å². The van der Waals surface area contributed by atoms with Crippen LogP contribution in [0.15, 0.2) is 29.3 Å². The Morgan fingerprint density at radius 1 is 1.36 bits per heavy atom. The minimum atomic E-state index is 0.180. The summed E-state index contributed by atoms with van der Waals surface area (Å²) in [6.07, 6.45) is 4.02. The quantitative estimate of drug-likeness (QED) is 0.406. The zero-order chi connectivity index (χ0) is 15.8. The maximum absolute atomic E-state index is 11.6. The van der Waals surface area contributed by atoms with E-state index < -0.39 is 0 Å². The molecule has 0 bridgehead atoms. The lowest BCUT2D eigenvalue weighted by atomic mass is 9.85. The van der Waals surface area contributed by atoms with Gasteiger partial charge >= 0.3 is 0 Å². The highest BCUT2D eigenvalue weighted by molar-refractivity contribution is 5.92. The average molecular weight is 304 g/mol. The Kier molecular flexibility index (Phi) is 6.06. The largest absolute Gasteiger partial charge is 0.497 e. The van der Waals surface area contributed by atoms with Gasteiger partial charge in [-0.3, -0.25) is 9.79 Å². The van der Waals surface area contributed by atoms with E-state index in [0.29, 0.717) is 19.0 Å². The number of nitrogens with two attached hydrogens (primary N) is 1. The Labute approximate surface area is 131 Å². The fourth-order valence-corrected chi connectivity index (χ4v) is 2.17. The highest BCUT2D eigenvalue weighted by atomic mass is 16.5. The number of carbonyl (C=O) groups excluding carboxylic acids is 1. The van der Waals surface area contributed by atoms with E-state index in [-0.39, 0.29) is 11.8 Å². The van der Waals surface area contributed by atoms with Gasteiger partial charge in [0.2, 0.25) is 5.91 Å². The predicted octanol–water partition coefficient (Wildman–Crippen LogP) is 1.73. The van der Waals surface area contributed by atoms with Crippen molar-refractivity contribution in [1.29, 1.82) is 0 Å². The molecule has 4 N–H and O–H groups in total. The van der Waals surface area contributed by atoms with Crippen LogP contribution in [0.2, 0.25) is 0 Å². The number of nitrogens with zero attached hydrogens (tertiary/aromatic N) is 1. The molecule has 1 saturated carbocycles. The number of benzene rings is 1. The molecular weight excluding hydrogens is 280 g/mol. The minimum absolute atomic E-state index is 0.180. The lowest BCUT2D eigenvalue weighted by Gasteiger charge is -2.23. The summed E-state index contributed by atoms with van der Waals surface area (Å²) >= 11 is 0. The zero-order valence-corrected chi connectivity index (χ0v) is 13.0. The fraction of sp³-hybridized carbons (Fsp3) is 0.500. The number of nitrogens with one attached hydrogen (secondary N) is 2. The molecule has 1 aromatic carbocycles. The van der Waals surface area contributed by atoms with E-state index in [2.05, 4.69) is 15.6 Å². The van der Waals surface area contributed by atoms with Gasteiger partial charge in [0.15, 0.2) is 5.96 Å². The van der Waals surface area contributed by atoms with Crippen LogP contribution in [0.5, 0.6) is 5.75 Å². The Balaban J connectivity index is 1.63. The standard InChI is InChI=1S/C16H24N4O2/c1-22-14-8-6-13(7-9-14)20-16(17)19-11-3-10-18-15(21)12-4-2-5-12/h6-9,12H,2-5,10-11H2,1H3,(H,18,21)(H3,17,19,20).